The van der Waals surface area contributed by atoms with Crippen molar-refractivity contribution in [3.63, 3.8) is 0 Å². The topological polar surface area (TPSA) is 79.3 Å². The van der Waals surface area contributed by atoms with Crippen LogP contribution in [0.5, 0.6) is 0 Å². The van der Waals surface area contributed by atoms with E-state index in [0.29, 0.717) is 29.0 Å². The van der Waals surface area contributed by atoms with Crippen LogP contribution in [0.3, 0.4) is 0 Å². The van der Waals surface area contributed by atoms with E-state index < -0.39 is 5.97 Å². The molecule has 6 heteroatoms. The third-order valence-corrected chi connectivity index (χ3v) is 4.49. The predicted molar refractivity (Wildman–Crippen MR) is 83.6 cm³/mol. The quantitative estimate of drug-likeness (QED) is 0.808. The highest BCUT2D eigenvalue weighted by atomic mass is 32.1. The average molecular weight is 312 g/mol. The minimum Gasteiger partial charge on any atom is -0.477 e. The second-order valence-electron chi connectivity index (χ2n) is 6.00. The minimum absolute atomic E-state index is 0.0135. The van der Waals surface area contributed by atoms with Gasteiger partial charge in [-0.2, -0.15) is 0 Å². The third kappa shape index (κ3) is 5.46. The van der Waals surface area contributed by atoms with Gasteiger partial charge in [-0.1, -0.05) is 20.8 Å². The molecule has 2 unspecified atom stereocenters. The van der Waals surface area contributed by atoms with Gasteiger partial charge in [-0.25, -0.2) is 9.78 Å². The summed E-state index contributed by atoms with van der Waals surface area (Å²) in [5.74, 6) is -0.0736. The van der Waals surface area contributed by atoms with Gasteiger partial charge in [0.05, 0.1) is 11.7 Å². The third-order valence-electron chi connectivity index (χ3n) is 3.16. The predicted octanol–water partition coefficient (Wildman–Crippen LogP) is 3.40. The summed E-state index contributed by atoms with van der Waals surface area (Å²) in [6.45, 7) is 9.85. The summed E-state index contributed by atoms with van der Waals surface area (Å²) in [6, 6.07) is -0.263. The molecule has 2 atom stereocenters. The fourth-order valence-electron chi connectivity index (χ4n) is 2.37. The minimum atomic E-state index is -0.972. The zero-order chi connectivity index (χ0) is 16.2. The van der Waals surface area contributed by atoms with Gasteiger partial charge >= 0.3 is 5.97 Å². The van der Waals surface area contributed by atoms with Gasteiger partial charge in [-0.3, -0.25) is 4.79 Å². The monoisotopic (exact) mass is 312 g/mol. The first-order valence-corrected chi connectivity index (χ1v) is 8.02. The number of nitrogens with one attached hydrogen (secondary N) is 1. The number of thiazole rings is 1. The Labute approximate surface area is 129 Å². The molecule has 0 bridgehead atoms. The number of carbonyl (C=O) groups is 2. The van der Waals surface area contributed by atoms with Crippen molar-refractivity contribution >= 4 is 23.2 Å². The maximum atomic E-state index is 12.0. The highest BCUT2D eigenvalue weighted by molar-refractivity contribution is 7.13. The SMILES string of the molecule is Cc1nc(C(C)NC(=O)CC(C)CC(C)C)sc1C(=O)O. The first kappa shape index (κ1) is 17.6. The number of amides is 1. The summed E-state index contributed by atoms with van der Waals surface area (Å²) in [5.41, 5.74) is 0.497. The van der Waals surface area contributed by atoms with Crippen molar-refractivity contribution in [2.45, 2.75) is 53.5 Å². The van der Waals surface area contributed by atoms with Crippen LogP contribution in [0.4, 0.5) is 0 Å². The van der Waals surface area contributed by atoms with Crippen molar-refractivity contribution in [2.24, 2.45) is 11.8 Å². The van der Waals surface area contributed by atoms with Gasteiger partial charge in [0, 0.05) is 6.42 Å². The number of carboxylic acid groups (broad SMARTS) is 1. The number of carbonyl (C=O) groups excluding carboxylic acids is 1. The Hall–Kier alpha value is -1.43. The molecular formula is C15H24N2O3S. The Morgan fingerprint density at radius 2 is 1.90 bits per heavy atom. The van der Waals surface area contributed by atoms with Crippen molar-refractivity contribution < 1.29 is 14.7 Å². The molecule has 5 nitrogen and oxygen atoms in total. The smallest absolute Gasteiger partial charge is 0.347 e. The van der Waals surface area contributed by atoms with Crippen LogP contribution in [0.15, 0.2) is 0 Å². The van der Waals surface area contributed by atoms with Gasteiger partial charge in [0.2, 0.25) is 5.91 Å². The van der Waals surface area contributed by atoms with Crippen molar-refractivity contribution in [1.82, 2.24) is 10.3 Å². The normalized spacial score (nSPS) is 14.0. The highest BCUT2D eigenvalue weighted by Gasteiger charge is 2.20. The van der Waals surface area contributed by atoms with Crippen LogP contribution in [0, 0.1) is 18.8 Å². The zero-order valence-corrected chi connectivity index (χ0v) is 14.1. The molecule has 0 saturated carbocycles. The average Bonchev–Trinajstić information content (AvgIpc) is 2.69. The molecule has 2 N–H and O–H groups in total. The Kier molecular flexibility index (Phi) is 6.33. The van der Waals surface area contributed by atoms with Crippen LogP contribution in [-0.2, 0) is 4.79 Å². The number of aromatic carboxylic acids is 1. The number of nitrogens with zero attached hydrogens (tertiary/aromatic N) is 1. The summed E-state index contributed by atoms with van der Waals surface area (Å²) in [5, 5.41) is 12.6. The molecule has 0 radical (unpaired) electrons. The summed E-state index contributed by atoms with van der Waals surface area (Å²) in [6.07, 6.45) is 1.50. The number of hydrogen-bond donors (Lipinski definition) is 2. The van der Waals surface area contributed by atoms with Gasteiger partial charge in [-0.05, 0) is 32.1 Å². The van der Waals surface area contributed by atoms with Gasteiger partial charge in [0.25, 0.3) is 0 Å². The Balaban J connectivity index is 2.60. The lowest BCUT2D eigenvalue weighted by Gasteiger charge is -2.16. The van der Waals surface area contributed by atoms with E-state index in [9.17, 15) is 9.59 Å². The van der Waals surface area contributed by atoms with E-state index in [-0.39, 0.29) is 16.8 Å². The number of hydrogen-bond acceptors (Lipinski definition) is 4. The number of rotatable bonds is 7. The fraction of sp³-hybridized carbons (Fsp3) is 0.667. The molecule has 0 aliphatic rings. The Morgan fingerprint density at radius 1 is 1.29 bits per heavy atom. The molecule has 0 fully saturated rings. The molecule has 1 rings (SSSR count). The number of aromatic nitrogens is 1. The molecule has 0 spiro atoms. The first-order chi connectivity index (χ1) is 9.70. The fourth-order valence-corrected chi connectivity index (χ4v) is 3.28. The van der Waals surface area contributed by atoms with Crippen molar-refractivity contribution in [3.8, 4) is 0 Å². The lowest BCUT2D eigenvalue weighted by Crippen LogP contribution is -2.28. The second-order valence-corrected chi connectivity index (χ2v) is 7.03. The van der Waals surface area contributed by atoms with Gasteiger partial charge in [0.15, 0.2) is 0 Å². The molecule has 118 valence electrons. The summed E-state index contributed by atoms with van der Waals surface area (Å²) in [7, 11) is 0. The maximum absolute atomic E-state index is 12.0. The number of carboxylic acids is 1. The molecule has 21 heavy (non-hydrogen) atoms. The van der Waals surface area contributed by atoms with Gasteiger partial charge in [-0.15, -0.1) is 11.3 Å². The summed E-state index contributed by atoms with van der Waals surface area (Å²) in [4.78, 5) is 27.5. The van der Waals surface area contributed by atoms with E-state index in [2.05, 4.69) is 31.1 Å². The molecule has 0 saturated heterocycles. The lowest BCUT2D eigenvalue weighted by atomic mass is 9.96. The second kappa shape index (κ2) is 7.54. The van der Waals surface area contributed by atoms with Crippen LogP contribution in [0.1, 0.15) is 67.0 Å². The standard InChI is InChI=1S/C15H24N2O3S/c1-8(2)6-9(3)7-12(18)16-11(5)14-17-10(4)13(21-14)15(19)20/h8-9,11H,6-7H2,1-5H3,(H,16,18)(H,19,20). The Morgan fingerprint density at radius 3 is 2.38 bits per heavy atom. The van der Waals surface area contributed by atoms with Crippen molar-refractivity contribution in [3.05, 3.63) is 15.6 Å². The molecule has 0 aliphatic heterocycles. The van der Waals surface area contributed by atoms with Gasteiger partial charge < -0.3 is 10.4 Å². The van der Waals surface area contributed by atoms with Gasteiger partial charge in [0.1, 0.15) is 9.88 Å². The molecule has 1 amide bonds. The van der Waals surface area contributed by atoms with E-state index >= 15 is 0 Å². The highest BCUT2D eigenvalue weighted by Crippen LogP contribution is 2.24. The number of aryl methyl sites for hydroxylation is 1. The summed E-state index contributed by atoms with van der Waals surface area (Å²) >= 11 is 1.12. The Bertz CT molecular complexity index is 511. The van der Waals surface area contributed by atoms with Crippen molar-refractivity contribution in [1.29, 1.82) is 0 Å². The van der Waals surface area contributed by atoms with E-state index in [1.807, 2.05) is 6.92 Å². The zero-order valence-electron chi connectivity index (χ0n) is 13.3. The molecular weight excluding hydrogens is 288 g/mol. The van der Waals surface area contributed by atoms with Crippen LogP contribution >= 0.6 is 11.3 Å². The molecule has 0 aliphatic carbocycles. The van der Waals surface area contributed by atoms with Crippen molar-refractivity contribution in [2.75, 3.05) is 0 Å². The molecule has 0 aromatic carbocycles. The van der Waals surface area contributed by atoms with Crippen LogP contribution in [-0.4, -0.2) is 22.0 Å². The first-order valence-electron chi connectivity index (χ1n) is 7.20. The van der Waals surface area contributed by atoms with Crippen LogP contribution in [0.2, 0.25) is 0 Å². The molecule has 1 aromatic heterocycles. The van der Waals surface area contributed by atoms with E-state index in [4.69, 9.17) is 5.11 Å². The van der Waals surface area contributed by atoms with E-state index in [1.54, 1.807) is 6.92 Å². The largest absolute Gasteiger partial charge is 0.477 e. The maximum Gasteiger partial charge on any atom is 0.347 e. The molecule has 1 heterocycles. The summed E-state index contributed by atoms with van der Waals surface area (Å²) < 4.78 is 0. The van der Waals surface area contributed by atoms with E-state index in [0.717, 1.165) is 17.8 Å². The van der Waals surface area contributed by atoms with E-state index in [1.165, 1.54) is 0 Å². The van der Waals surface area contributed by atoms with Crippen LogP contribution < -0.4 is 5.32 Å². The van der Waals surface area contributed by atoms with Crippen LogP contribution in [0.25, 0.3) is 0 Å². The molecule has 1 aromatic rings. The lowest BCUT2D eigenvalue weighted by molar-refractivity contribution is -0.122.